The van der Waals surface area contributed by atoms with Gasteiger partial charge in [-0.05, 0) is 55.8 Å². The number of benzene rings is 1. The summed E-state index contributed by atoms with van der Waals surface area (Å²) in [7, 11) is 0. The number of amides is 1. The Balaban J connectivity index is 0.00000225. The van der Waals surface area contributed by atoms with Gasteiger partial charge in [0.15, 0.2) is 0 Å². The molecule has 5 nitrogen and oxygen atoms in total. The highest BCUT2D eigenvalue weighted by molar-refractivity contribution is 5.91. The maximum Gasteiger partial charge on any atom is 0.433 e. The molecule has 136 valence electrons. The lowest BCUT2D eigenvalue weighted by atomic mass is 10.0. The van der Waals surface area contributed by atoms with Crippen LogP contribution in [0.3, 0.4) is 0 Å². The number of nitrogens with one attached hydrogen (secondary N) is 2. The first-order valence-corrected chi connectivity index (χ1v) is 7.66. The lowest BCUT2D eigenvalue weighted by Crippen LogP contribution is -2.18. The maximum atomic E-state index is 12.9. The molecule has 1 aromatic carbocycles. The Morgan fingerprint density at radius 3 is 2.60 bits per heavy atom. The monoisotopic (exact) mass is 374 g/mol. The van der Waals surface area contributed by atoms with Gasteiger partial charge in [-0.1, -0.05) is 0 Å². The normalized spacial score (nSPS) is 17.2. The average molecular weight is 375 g/mol. The first kappa shape index (κ1) is 19.3. The van der Waals surface area contributed by atoms with Crippen LogP contribution in [0.1, 0.15) is 18.5 Å². The Morgan fingerprint density at radius 1 is 1.28 bits per heavy atom. The molecule has 2 heterocycles. The molecule has 1 aromatic heterocycles. The van der Waals surface area contributed by atoms with E-state index in [0.29, 0.717) is 18.0 Å². The van der Waals surface area contributed by atoms with Gasteiger partial charge in [0.25, 0.3) is 0 Å². The van der Waals surface area contributed by atoms with Crippen molar-refractivity contribution in [2.45, 2.75) is 19.0 Å². The molecule has 2 aromatic rings. The summed E-state index contributed by atoms with van der Waals surface area (Å²) in [4.78, 5) is 12.0. The summed E-state index contributed by atoms with van der Waals surface area (Å²) in [5, 5.41) is 9.68. The summed E-state index contributed by atoms with van der Waals surface area (Å²) >= 11 is 0. The number of nitrogens with zero attached hydrogens (tertiary/aromatic N) is 2. The Kier molecular flexibility index (Phi) is 6.07. The second-order valence-corrected chi connectivity index (χ2v) is 5.78. The molecule has 0 spiro atoms. The number of alkyl halides is 3. The van der Waals surface area contributed by atoms with E-state index in [-0.39, 0.29) is 24.0 Å². The maximum absolute atomic E-state index is 12.9. The molecule has 25 heavy (non-hydrogen) atoms. The summed E-state index contributed by atoms with van der Waals surface area (Å²) in [5.74, 6) is 0.245. The van der Waals surface area contributed by atoms with Crippen molar-refractivity contribution in [3.05, 3.63) is 42.2 Å². The second kappa shape index (κ2) is 7.88. The standard InChI is InChI=1S/C16H17F3N4O.ClH/c17-16(18,19)14-6-8-21-23(14)13-3-1-12(2-4-13)22-15(24)9-11-5-7-20-10-11;/h1-4,6,8,11,20H,5,7,9-10H2,(H,22,24);1H. The third-order valence-corrected chi connectivity index (χ3v) is 3.97. The van der Waals surface area contributed by atoms with E-state index >= 15 is 0 Å². The predicted molar refractivity (Wildman–Crippen MR) is 90.0 cm³/mol. The van der Waals surface area contributed by atoms with Gasteiger partial charge in [-0.25, -0.2) is 4.68 Å². The van der Waals surface area contributed by atoms with Crippen LogP contribution in [0.5, 0.6) is 0 Å². The van der Waals surface area contributed by atoms with Gasteiger partial charge in [-0.15, -0.1) is 12.4 Å². The van der Waals surface area contributed by atoms with Gasteiger partial charge >= 0.3 is 6.18 Å². The number of carbonyl (C=O) groups excluding carboxylic acids is 1. The molecule has 2 N–H and O–H groups in total. The number of halogens is 4. The Bertz CT molecular complexity index is 709. The molecule has 1 amide bonds. The van der Waals surface area contributed by atoms with Crippen LogP contribution < -0.4 is 10.6 Å². The number of rotatable bonds is 4. The van der Waals surface area contributed by atoms with E-state index < -0.39 is 11.9 Å². The van der Waals surface area contributed by atoms with Crippen molar-refractivity contribution in [2.75, 3.05) is 18.4 Å². The molecule has 1 fully saturated rings. The molecule has 0 radical (unpaired) electrons. The molecular formula is C16H18ClF3N4O. The van der Waals surface area contributed by atoms with Crippen molar-refractivity contribution in [2.24, 2.45) is 5.92 Å². The van der Waals surface area contributed by atoms with Crippen LogP contribution in [0.25, 0.3) is 5.69 Å². The van der Waals surface area contributed by atoms with Crippen molar-refractivity contribution >= 4 is 24.0 Å². The van der Waals surface area contributed by atoms with Crippen molar-refractivity contribution < 1.29 is 18.0 Å². The van der Waals surface area contributed by atoms with E-state index in [1.54, 1.807) is 12.1 Å². The zero-order valence-electron chi connectivity index (χ0n) is 13.2. The number of hydrogen-bond acceptors (Lipinski definition) is 3. The van der Waals surface area contributed by atoms with Gasteiger partial charge in [0.2, 0.25) is 5.91 Å². The predicted octanol–water partition coefficient (Wildman–Crippen LogP) is 3.25. The zero-order chi connectivity index (χ0) is 17.2. The van der Waals surface area contributed by atoms with E-state index in [1.165, 1.54) is 12.1 Å². The van der Waals surface area contributed by atoms with Gasteiger partial charge in [-0.3, -0.25) is 4.79 Å². The highest BCUT2D eigenvalue weighted by Gasteiger charge is 2.35. The summed E-state index contributed by atoms with van der Waals surface area (Å²) < 4.78 is 39.5. The second-order valence-electron chi connectivity index (χ2n) is 5.78. The molecule has 1 aliphatic heterocycles. The number of carbonyl (C=O) groups is 1. The van der Waals surface area contributed by atoms with Crippen LogP contribution in [0, 0.1) is 5.92 Å². The quantitative estimate of drug-likeness (QED) is 0.863. The molecule has 1 unspecified atom stereocenters. The van der Waals surface area contributed by atoms with Crippen molar-refractivity contribution in [3.63, 3.8) is 0 Å². The van der Waals surface area contributed by atoms with Crippen LogP contribution >= 0.6 is 12.4 Å². The summed E-state index contributed by atoms with van der Waals surface area (Å²) in [5.41, 5.74) is -0.00578. The SMILES string of the molecule is Cl.O=C(CC1CCNC1)Nc1ccc(-n2nccc2C(F)(F)F)cc1. The van der Waals surface area contributed by atoms with Crippen LogP contribution in [0.4, 0.5) is 18.9 Å². The van der Waals surface area contributed by atoms with Gasteiger partial charge < -0.3 is 10.6 Å². The third kappa shape index (κ3) is 4.73. The summed E-state index contributed by atoms with van der Waals surface area (Å²) in [6.45, 7) is 1.77. The van der Waals surface area contributed by atoms with E-state index in [9.17, 15) is 18.0 Å². The van der Waals surface area contributed by atoms with Crippen molar-refractivity contribution in [1.29, 1.82) is 0 Å². The lowest BCUT2D eigenvalue weighted by Gasteiger charge is -2.12. The number of anilines is 1. The molecule has 0 saturated carbocycles. The lowest BCUT2D eigenvalue weighted by molar-refractivity contribution is -0.142. The molecule has 0 bridgehead atoms. The largest absolute Gasteiger partial charge is 0.433 e. The fraction of sp³-hybridized carbons (Fsp3) is 0.375. The Labute approximate surface area is 149 Å². The zero-order valence-corrected chi connectivity index (χ0v) is 14.0. The molecule has 1 aliphatic rings. The van der Waals surface area contributed by atoms with Gasteiger partial charge in [0.05, 0.1) is 11.9 Å². The smallest absolute Gasteiger partial charge is 0.326 e. The molecular weight excluding hydrogens is 357 g/mol. The molecule has 9 heteroatoms. The van der Waals surface area contributed by atoms with Crippen LogP contribution in [0.15, 0.2) is 36.5 Å². The minimum atomic E-state index is -4.47. The summed E-state index contributed by atoms with van der Waals surface area (Å²) in [6.07, 6.45) is -1.95. The molecule has 1 atom stereocenters. The van der Waals surface area contributed by atoms with E-state index in [4.69, 9.17) is 0 Å². The Morgan fingerprint density at radius 2 is 2.00 bits per heavy atom. The van der Waals surface area contributed by atoms with E-state index in [1.807, 2.05) is 0 Å². The van der Waals surface area contributed by atoms with Gasteiger partial charge in [-0.2, -0.15) is 18.3 Å². The fourth-order valence-corrected chi connectivity index (χ4v) is 2.77. The fourth-order valence-electron chi connectivity index (χ4n) is 2.77. The van der Waals surface area contributed by atoms with Crippen LogP contribution in [-0.2, 0) is 11.0 Å². The van der Waals surface area contributed by atoms with Gasteiger partial charge in [0, 0.05) is 12.1 Å². The molecule has 0 aliphatic carbocycles. The Hall–Kier alpha value is -2.06. The van der Waals surface area contributed by atoms with Crippen LogP contribution in [0.2, 0.25) is 0 Å². The first-order valence-electron chi connectivity index (χ1n) is 7.66. The first-order chi connectivity index (χ1) is 11.4. The van der Waals surface area contributed by atoms with E-state index in [2.05, 4.69) is 15.7 Å². The topological polar surface area (TPSA) is 59.0 Å². The van der Waals surface area contributed by atoms with Crippen molar-refractivity contribution in [3.8, 4) is 5.69 Å². The average Bonchev–Trinajstić information content (AvgIpc) is 3.18. The summed E-state index contributed by atoms with van der Waals surface area (Å²) in [6, 6.07) is 7.05. The highest BCUT2D eigenvalue weighted by atomic mass is 35.5. The van der Waals surface area contributed by atoms with Crippen LogP contribution in [-0.4, -0.2) is 28.8 Å². The van der Waals surface area contributed by atoms with E-state index in [0.717, 1.165) is 36.5 Å². The minimum Gasteiger partial charge on any atom is -0.326 e. The third-order valence-electron chi connectivity index (χ3n) is 3.97. The molecule has 1 saturated heterocycles. The minimum absolute atomic E-state index is 0. The molecule has 3 rings (SSSR count). The van der Waals surface area contributed by atoms with Crippen molar-refractivity contribution in [1.82, 2.24) is 15.1 Å². The highest BCUT2D eigenvalue weighted by Crippen LogP contribution is 2.30. The number of hydrogen-bond donors (Lipinski definition) is 2. The van der Waals surface area contributed by atoms with Gasteiger partial charge in [0.1, 0.15) is 5.69 Å². The number of aromatic nitrogens is 2.